The maximum Gasteiger partial charge on any atom is 0.191 e. The first-order chi connectivity index (χ1) is 13.7. The van der Waals surface area contributed by atoms with Crippen molar-refractivity contribution >= 4 is 35.8 Å². The number of pyridine rings is 1. The van der Waals surface area contributed by atoms with Crippen LogP contribution in [0.2, 0.25) is 0 Å². The Hall–Kier alpha value is -1.35. The van der Waals surface area contributed by atoms with Gasteiger partial charge in [0.1, 0.15) is 5.82 Å². The molecule has 0 bridgehead atoms. The van der Waals surface area contributed by atoms with Crippen LogP contribution < -0.4 is 15.5 Å². The standard InChI is InChI=1S/C22H35N5O.HI/c1-3-23-22(24-12-11-19-7-5-4-6-8-19)26-16-20-9-10-21(25-15-20)27-13-14-28-18(2)17-27;/h7,9-10,15,18H,3-6,8,11-14,16-17H2,1-2H3,(H2,23,24,26);1H. The van der Waals surface area contributed by atoms with Gasteiger partial charge in [0.05, 0.1) is 19.3 Å². The number of anilines is 1. The second kappa shape index (κ2) is 13.1. The van der Waals surface area contributed by atoms with Crippen molar-refractivity contribution in [2.45, 2.75) is 58.6 Å². The van der Waals surface area contributed by atoms with E-state index >= 15 is 0 Å². The smallest absolute Gasteiger partial charge is 0.191 e. The molecule has 1 fully saturated rings. The number of ether oxygens (including phenoxy) is 1. The molecule has 6 nitrogen and oxygen atoms in total. The number of nitrogens with one attached hydrogen (secondary N) is 2. The number of hydrogen-bond donors (Lipinski definition) is 2. The quantitative estimate of drug-likeness (QED) is 0.251. The van der Waals surface area contributed by atoms with Crippen molar-refractivity contribution in [3.05, 3.63) is 35.5 Å². The zero-order valence-electron chi connectivity index (χ0n) is 17.8. The second-order valence-electron chi connectivity index (χ2n) is 7.63. The molecule has 7 heteroatoms. The van der Waals surface area contributed by atoms with Crippen LogP contribution >= 0.6 is 24.0 Å². The number of allylic oxidation sites excluding steroid dienone is 1. The molecule has 1 aliphatic heterocycles. The highest BCUT2D eigenvalue weighted by Gasteiger charge is 2.17. The predicted molar refractivity (Wildman–Crippen MR) is 131 cm³/mol. The molecular formula is C22H36IN5O. The molecule has 3 rings (SSSR count). The Kier molecular flexibility index (Phi) is 10.8. The molecule has 0 spiro atoms. The van der Waals surface area contributed by atoms with Crippen molar-refractivity contribution in [1.29, 1.82) is 0 Å². The lowest BCUT2D eigenvalue weighted by Crippen LogP contribution is -2.41. The van der Waals surface area contributed by atoms with E-state index in [1.807, 2.05) is 6.20 Å². The number of rotatable bonds is 7. The Morgan fingerprint density at radius 2 is 2.21 bits per heavy atom. The van der Waals surface area contributed by atoms with E-state index in [9.17, 15) is 0 Å². The fraction of sp³-hybridized carbons (Fsp3) is 0.636. The lowest BCUT2D eigenvalue weighted by molar-refractivity contribution is 0.0529. The average Bonchev–Trinajstić information content (AvgIpc) is 2.73. The zero-order valence-corrected chi connectivity index (χ0v) is 20.2. The normalized spacial score (nSPS) is 19.9. The summed E-state index contributed by atoms with van der Waals surface area (Å²) in [6, 6.07) is 4.22. The van der Waals surface area contributed by atoms with Crippen LogP contribution in [0.5, 0.6) is 0 Å². The van der Waals surface area contributed by atoms with Gasteiger partial charge in [-0.05, 0) is 57.6 Å². The number of nitrogens with zero attached hydrogens (tertiary/aromatic N) is 3. The summed E-state index contributed by atoms with van der Waals surface area (Å²) in [6.07, 6.45) is 10.9. The third-order valence-electron chi connectivity index (χ3n) is 5.26. The topological polar surface area (TPSA) is 61.8 Å². The number of hydrogen-bond acceptors (Lipinski definition) is 4. The molecule has 1 atom stereocenters. The Morgan fingerprint density at radius 1 is 1.31 bits per heavy atom. The molecule has 0 saturated carbocycles. The number of aromatic nitrogens is 1. The fourth-order valence-corrected chi connectivity index (χ4v) is 3.71. The molecular weight excluding hydrogens is 477 g/mol. The SMILES string of the molecule is CCNC(=NCc1ccc(N2CCOC(C)C2)nc1)NCCC1=CCCCC1.I. The first-order valence-electron chi connectivity index (χ1n) is 10.8. The summed E-state index contributed by atoms with van der Waals surface area (Å²) in [6.45, 7) is 9.20. The van der Waals surface area contributed by atoms with E-state index in [0.29, 0.717) is 6.54 Å². The average molecular weight is 513 g/mol. The minimum absolute atomic E-state index is 0. The largest absolute Gasteiger partial charge is 0.375 e. The summed E-state index contributed by atoms with van der Waals surface area (Å²) in [4.78, 5) is 11.6. The van der Waals surface area contributed by atoms with Crippen LogP contribution in [0.15, 0.2) is 35.0 Å². The zero-order chi connectivity index (χ0) is 19.6. The van der Waals surface area contributed by atoms with E-state index in [2.05, 4.69) is 52.6 Å². The van der Waals surface area contributed by atoms with Gasteiger partial charge in [0, 0.05) is 32.4 Å². The summed E-state index contributed by atoms with van der Waals surface area (Å²) < 4.78 is 5.61. The monoisotopic (exact) mass is 513 g/mol. The Labute approximate surface area is 192 Å². The third kappa shape index (κ3) is 8.12. The van der Waals surface area contributed by atoms with Crippen LogP contribution in [0, 0.1) is 0 Å². The Bertz CT molecular complexity index is 662. The highest BCUT2D eigenvalue weighted by molar-refractivity contribution is 14.0. The second-order valence-corrected chi connectivity index (χ2v) is 7.63. The van der Waals surface area contributed by atoms with Gasteiger partial charge in [-0.2, -0.15) is 0 Å². The third-order valence-corrected chi connectivity index (χ3v) is 5.26. The van der Waals surface area contributed by atoms with E-state index < -0.39 is 0 Å². The number of morpholine rings is 1. The highest BCUT2D eigenvalue weighted by atomic mass is 127. The summed E-state index contributed by atoms with van der Waals surface area (Å²) in [5, 5.41) is 6.80. The highest BCUT2D eigenvalue weighted by Crippen LogP contribution is 2.19. The van der Waals surface area contributed by atoms with Gasteiger partial charge in [-0.15, -0.1) is 24.0 Å². The fourth-order valence-electron chi connectivity index (χ4n) is 3.71. The van der Waals surface area contributed by atoms with Crippen molar-refractivity contribution in [2.75, 3.05) is 37.7 Å². The van der Waals surface area contributed by atoms with E-state index in [1.165, 1.54) is 25.7 Å². The molecule has 1 aromatic heterocycles. The van der Waals surface area contributed by atoms with Crippen molar-refractivity contribution in [3.8, 4) is 0 Å². The molecule has 1 aromatic rings. The molecule has 1 aliphatic carbocycles. The summed E-state index contributed by atoms with van der Waals surface area (Å²) in [5.41, 5.74) is 2.71. The summed E-state index contributed by atoms with van der Waals surface area (Å²) >= 11 is 0. The molecule has 1 saturated heterocycles. The number of guanidine groups is 1. The van der Waals surface area contributed by atoms with Gasteiger partial charge in [0.25, 0.3) is 0 Å². The van der Waals surface area contributed by atoms with Gasteiger partial charge < -0.3 is 20.3 Å². The summed E-state index contributed by atoms with van der Waals surface area (Å²) in [5.74, 6) is 1.90. The van der Waals surface area contributed by atoms with E-state index in [1.54, 1.807) is 5.57 Å². The maximum absolute atomic E-state index is 5.61. The first-order valence-corrected chi connectivity index (χ1v) is 10.8. The molecule has 1 unspecified atom stereocenters. The molecule has 2 N–H and O–H groups in total. The summed E-state index contributed by atoms with van der Waals surface area (Å²) in [7, 11) is 0. The van der Waals surface area contributed by atoms with Crippen molar-refractivity contribution in [3.63, 3.8) is 0 Å². The van der Waals surface area contributed by atoms with E-state index in [-0.39, 0.29) is 30.1 Å². The van der Waals surface area contributed by atoms with Crippen molar-refractivity contribution in [2.24, 2.45) is 4.99 Å². The number of halogens is 1. The van der Waals surface area contributed by atoms with Gasteiger partial charge in [-0.1, -0.05) is 17.7 Å². The van der Waals surface area contributed by atoms with Crippen LogP contribution in [0.4, 0.5) is 5.82 Å². The number of aliphatic imine (C=N–C) groups is 1. The van der Waals surface area contributed by atoms with Crippen molar-refractivity contribution < 1.29 is 4.74 Å². The lowest BCUT2D eigenvalue weighted by atomic mass is 9.97. The van der Waals surface area contributed by atoms with Crippen molar-refractivity contribution in [1.82, 2.24) is 15.6 Å². The first kappa shape index (κ1) is 23.9. The lowest BCUT2D eigenvalue weighted by Gasteiger charge is -2.32. The van der Waals surface area contributed by atoms with Gasteiger partial charge >= 0.3 is 0 Å². The molecule has 2 heterocycles. The van der Waals surface area contributed by atoms with Gasteiger partial charge in [0.2, 0.25) is 0 Å². The Balaban J connectivity index is 0.00000300. The molecule has 2 aliphatic rings. The predicted octanol–water partition coefficient (Wildman–Crippen LogP) is 3.87. The molecule has 162 valence electrons. The van der Waals surface area contributed by atoms with Gasteiger partial charge in [-0.25, -0.2) is 9.98 Å². The molecule has 0 aromatic carbocycles. The van der Waals surface area contributed by atoms with Crippen LogP contribution in [0.25, 0.3) is 0 Å². The minimum Gasteiger partial charge on any atom is -0.375 e. The Morgan fingerprint density at radius 3 is 2.90 bits per heavy atom. The molecule has 29 heavy (non-hydrogen) atoms. The maximum atomic E-state index is 5.61. The van der Waals surface area contributed by atoms with Gasteiger partial charge in [-0.3, -0.25) is 0 Å². The van der Waals surface area contributed by atoms with E-state index in [0.717, 1.165) is 56.5 Å². The van der Waals surface area contributed by atoms with Crippen LogP contribution in [0.3, 0.4) is 0 Å². The van der Waals surface area contributed by atoms with Crippen LogP contribution in [-0.2, 0) is 11.3 Å². The van der Waals surface area contributed by atoms with Crippen LogP contribution in [-0.4, -0.2) is 49.8 Å². The van der Waals surface area contributed by atoms with E-state index in [4.69, 9.17) is 9.73 Å². The van der Waals surface area contributed by atoms with Gasteiger partial charge in [0.15, 0.2) is 5.96 Å². The van der Waals surface area contributed by atoms with Crippen LogP contribution in [0.1, 0.15) is 51.5 Å². The minimum atomic E-state index is 0. The molecule has 0 radical (unpaired) electrons. The molecule has 0 amide bonds.